The molecule has 1 aromatic carbocycles. The van der Waals surface area contributed by atoms with Crippen LogP contribution in [0.3, 0.4) is 0 Å². The van der Waals surface area contributed by atoms with E-state index in [0.29, 0.717) is 17.9 Å². The zero-order chi connectivity index (χ0) is 15.6. The van der Waals surface area contributed by atoms with Crippen molar-refractivity contribution in [2.24, 2.45) is 5.41 Å². The van der Waals surface area contributed by atoms with E-state index in [1.165, 1.54) is 4.90 Å². The topological polar surface area (TPSA) is 58.6 Å². The monoisotopic (exact) mass is 290 g/mol. The number of hydrogen-bond donors (Lipinski definition) is 1. The minimum atomic E-state index is -0.367. The van der Waals surface area contributed by atoms with Crippen molar-refractivity contribution in [3.63, 3.8) is 0 Å². The lowest BCUT2D eigenvalue weighted by atomic mass is 9.86. The van der Waals surface area contributed by atoms with E-state index in [9.17, 15) is 9.59 Å². The number of nitrogens with one attached hydrogen (secondary N) is 1. The summed E-state index contributed by atoms with van der Waals surface area (Å²) in [6, 6.07) is 6.47. The van der Waals surface area contributed by atoms with Crippen molar-refractivity contribution in [1.29, 1.82) is 0 Å². The molecule has 0 spiro atoms. The third-order valence-electron chi connectivity index (χ3n) is 3.37. The minimum absolute atomic E-state index is 0.0658. The summed E-state index contributed by atoms with van der Waals surface area (Å²) >= 11 is 0. The van der Waals surface area contributed by atoms with Crippen molar-refractivity contribution < 1.29 is 14.3 Å². The predicted molar refractivity (Wildman–Crippen MR) is 81.5 cm³/mol. The smallest absolute Gasteiger partial charge is 0.328 e. The Morgan fingerprint density at radius 1 is 1.33 bits per heavy atom. The highest BCUT2D eigenvalue weighted by atomic mass is 16.5. The van der Waals surface area contributed by atoms with E-state index in [0.717, 1.165) is 6.42 Å². The normalized spacial score (nSPS) is 19.4. The van der Waals surface area contributed by atoms with Gasteiger partial charge in [0.15, 0.2) is 0 Å². The molecular weight excluding hydrogens is 268 g/mol. The fourth-order valence-electron chi connectivity index (χ4n) is 2.58. The Hall–Kier alpha value is -2.04. The second-order valence-electron chi connectivity index (χ2n) is 6.55. The Morgan fingerprint density at radius 2 is 2.05 bits per heavy atom. The first-order valence-corrected chi connectivity index (χ1v) is 7.08. The van der Waals surface area contributed by atoms with E-state index in [1.54, 1.807) is 31.4 Å². The van der Waals surface area contributed by atoms with Crippen molar-refractivity contribution in [1.82, 2.24) is 5.32 Å². The Morgan fingerprint density at radius 3 is 2.62 bits per heavy atom. The predicted octanol–water partition coefficient (Wildman–Crippen LogP) is 2.95. The van der Waals surface area contributed by atoms with Crippen LogP contribution in [0.4, 0.5) is 10.5 Å². The van der Waals surface area contributed by atoms with E-state index in [2.05, 4.69) is 26.1 Å². The number of methoxy groups -OCH3 is 1. The molecular formula is C16H22N2O3. The number of urea groups is 1. The standard InChI is InChI=1S/C16H22N2O3/c1-16(2,3)10-11-8-14(19)18(15(20)17-11)12-6-5-7-13(9-12)21-4/h5-7,9,11H,8,10H2,1-4H3,(H,17,20). The molecule has 1 saturated heterocycles. The third-order valence-corrected chi connectivity index (χ3v) is 3.37. The number of nitrogens with zero attached hydrogens (tertiary/aromatic N) is 1. The number of carbonyl (C=O) groups excluding carboxylic acids is 2. The van der Waals surface area contributed by atoms with Crippen LogP contribution in [0, 0.1) is 5.41 Å². The molecule has 0 radical (unpaired) electrons. The van der Waals surface area contributed by atoms with Gasteiger partial charge in [-0.05, 0) is 24.0 Å². The molecule has 5 nitrogen and oxygen atoms in total. The second kappa shape index (κ2) is 5.76. The van der Waals surface area contributed by atoms with E-state index < -0.39 is 0 Å². The van der Waals surface area contributed by atoms with Crippen LogP contribution >= 0.6 is 0 Å². The number of amides is 3. The van der Waals surface area contributed by atoms with Gasteiger partial charge >= 0.3 is 6.03 Å². The fourth-order valence-corrected chi connectivity index (χ4v) is 2.58. The summed E-state index contributed by atoms with van der Waals surface area (Å²) in [7, 11) is 1.55. The number of imide groups is 1. The summed E-state index contributed by atoms with van der Waals surface area (Å²) < 4.78 is 5.13. The highest BCUT2D eigenvalue weighted by Crippen LogP contribution is 2.28. The lowest BCUT2D eigenvalue weighted by Crippen LogP contribution is -2.55. The van der Waals surface area contributed by atoms with Crippen molar-refractivity contribution >= 4 is 17.6 Å². The van der Waals surface area contributed by atoms with Crippen LogP contribution in [-0.4, -0.2) is 25.1 Å². The molecule has 1 unspecified atom stereocenters. The lowest BCUT2D eigenvalue weighted by Gasteiger charge is -2.34. The van der Waals surface area contributed by atoms with Gasteiger partial charge in [-0.1, -0.05) is 26.8 Å². The van der Waals surface area contributed by atoms with Crippen LogP contribution in [0.1, 0.15) is 33.6 Å². The van der Waals surface area contributed by atoms with Crippen LogP contribution in [0.25, 0.3) is 0 Å². The maximum absolute atomic E-state index is 12.3. The van der Waals surface area contributed by atoms with Crippen molar-refractivity contribution in [2.45, 2.75) is 39.7 Å². The highest BCUT2D eigenvalue weighted by Gasteiger charge is 2.34. The van der Waals surface area contributed by atoms with E-state index in [4.69, 9.17) is 4.74 Å². The molecule has 1 fully saturated rings. The van der Waals surface area contributed by atoms with Gasteiger partial charge in [-0.15, -0.1) is 0 Å². The maximum Gasteiger partial charge on any atom is 0.328 e. The Labute approximate surface area is 125 Å². The lowest BCUT2D eigenvalue weighted by molar-refractivity contribution is -0.119. The SMILES string of the molecule is COc1cccc(N2C(=O)CC(CC(C)(C)C)NC2=O)c1. The summed E-state index contributed by atoms with van der Waals surface area (Å²) in [5.74, 6) is 0.436. The largest absolute Gasteiger partial charge is 0.497 e. The van der Waals surface area contributed by atoms with Gasteiger partial charge in [-0.2, -0.15) is 0 Å². The second-order valence-corrected chi connectivity index (χ2v) is 6.55. The van der Waals surface area contributed by atoms with Crippen LogP contribution in [-0.2, 0) is 4.79 Å². The average molecular weight is 290 g/mol. The molecule has 0 aromatic heterocycles. The summed E-state index contributed by atoms with van der Waals surface area (Å²) in [6.07, 6.45) is 1.09. The molecule has 2 rings (SSSR count). The molecule has 1 aliphatic rings. The Kier molecular flexibility index (Phi) is 4.21. The van der Waals surface area contributed by atoms with Gasteiger partial charge < -0.3 is 10.1 Å². The zero-order valence-corrected chi connectivity index (χ0v) is 13.0. The average Bonchev–Trinajstić information content (AvgIpc) is 2.36. The molecule has 1 heterocycles. The summed E-state index contributed by atoms with van der Waals surface area (Å²) in [6.45, 7) is 6.29. The number of hydrogen-bond acceptors (Lipinski definition) is 3. The maximum atomic E-state index is 12.3. The molecule has 114 valence electrons. The van der Waals surface area contributed by atoms with Crippen molar-refractivity contribution in [3.8, 4) is 5.75 Å². The minimum Gasteiger partial charge on any atom is -0.497 e. The van der Waals surface area contributed by atoms with Crippen LogP contribution in [0.2, 0.25) is 0 Å². The van der Waals surface area contributed by atoms with Gasteiger partial charge in [-0.25, -0.2) is 9.69 Å². The first-order valence-electron chi connectivity index (χ1n) is 7.08. The quantitative estimate of drug-likeness (QED) is 0.931. The number of ether oxygens (including phenoxy) is 1. The molecule has 21 heavy (non-hydrogen) atoms. The summed E-state index contributed by atoms with van der Waals surface area (Å²) in [4.78, 5) is 25.8. The molecule has 1 aliphatic heterocycles. The van der Waals surface area contributed by atoms with Crippen molar-refractivity contribution in [2.75, 3.05) is 12.0 Å². The molecule has 5 heteroatoms. The van der Waals surface area contributed by atoms with Gasteiger partial charge in [0.2, 0.25) is 5.91 Å². The fraction of sp³-hybridized carbons (Fsp3) is 0.500. The first kappa shape index (κ1) is 15.4. The molecule has 1 aromatic rings. The molecule has 1 N–H and O–H groups in total. The molecule has 0 aliphatic carbocycles. The van der Waals surface area contributed by atoms with E-state index in [-0.39, 0.29) is 23.4 Å². The number of carbonyl (C=O) groups is 2. The zero-order valence-electron chi connectivity index (χ0n) is 13.0. The first-order chi connectivity index (χ1) is 9.80. The van der Waals surface area contributed by atoms with Gasteiger partial charge in [0.25, 0.3) is 0 Å². The Balaban J connectivity index is 2.16. The number of rotatable bonds is 3. The van der Waals surface area contributed by atoms with Crippen molar-refractivity contribution in [3.05, 3.63) is 24.3 Å². The highest BCUT2D eigenvalue weighted by molar-refractivity contribution is 6.16. The molecule has 3 amide bonds. The number of anilines is 1. The van der Waals surface area contributed by atoms with E-state index >= 15 is 0 Å². The van der Waals surface area contributed by atoms with E-state index in [1.807, 2.05) is 0 Å². The molecule has 0 bridgehead atoms. The Bertz CT molecular complexity index is 531. The third kappa shape index (κ3) is 3.74. The van der Waals surface area contributed by atoms with Gasteiger partial charge in [0, 0.05) is 18.5 Å². The van der Waals surface area contributed by atoms with Crippen LogP contribution < -0.4 is 15.0 Å². The molecule has 0 saturated carbocycles. The van der Waals surface area contributed by atoms with Crippen LogP contribution in [0.15, 0.2) is 24.3 Å². The van der Waals surface area contributed by atoms with Gasteiger partial charge in [-0.3, -0.25) is 4.79 Å². The van der Waals surface area contributed by atoms with Gasteiger partial charge in [0.05, 0.1) is 12.8 Å². The number of benzene rings is 1. The van der Waals surface area contributed by atoms with Gasteiger partial charge in [0.1, 0.15) is 5.75 Å². The summed E-state index contributed by atoms with van der Waals surface area (Å²) in [5, 5.41) is 2.91. The summed E-state index contributed by atoms with van der Waals surface area (Å²) in [5.41, 5.74) is 0.599. The molecule has 1 atom stereocenters. The van der Waals surface area contributed by atoms with Crippen LogP contribution in [0.5, 0.6) is 5.75 Å².